The molecule has 0 aromatic carbocycles. The minimum Gasteiger partial charge on any atom is -0.462 e. The topological polar surface area (TPSA) is 75.7 Å². The van der Waals surface area contributed by atoms with E-state index in [0.717, 1.165) is 11.3 Å². The molecule has 0 atom stereocenters. The van der Waals surface area contributed by atoms with Gasteiger partial charge in [-0.2, -0.15) is 4.31 Å². The molecule has 0 saturated carbocycles. The normalized spacial score (nSPS) is 17.3. The van der Waals surface area contributed by atoms with Gasteiger partial charge in [0.05, 0.1) is 12.2 Å². The highest BCUT2D eigenvalue weighted by atomic mass is 32.2. The molecule has 0 bridgehead atoms. The average molecular weight is 304 g/mol. The van der Waals surface area contributed by atoms with Gasteiger partial charge in [0.2, 0.25) is 0 Å². The fraction of sp³-hybridized carbons (Fsp3) is 0.545. The molecule has 2 rings (SSSR count). The second-order valence-electron chi connectivity index (χ2n) is 4.03. The number of hydrogen-bond donors (Lipinski definition) is 1. The first kappa shape index (κ1) is 14.4. The largest absolute Gasteiger partial charge is 0.462 e. The van der Waals surface area contributed by atoms with Crippen LogP contribution in [0.15, 0.2) is 15.7 Å². The third-order valence-corrected chi connectivity index (χ3v) is 6.07. The van der Waals surface area contributed by atoms with Gasteiger partial charge in [0.25, 0.3) is 10.0 Å². The number of carbonyl (C=O) groups is 1. The lowest BCUT2D eigenvalue weighted by Crippen LogP contribution is -2.46. The van der Waals surface area contributed by atoms with E-state index in [1.807, 2.05) is 0 Å². The Hall–Kier alpha value is -0.960. The summed E-state index contributed by atoms with van der Waals surface area (Å²) >= 11 is 1.05. The van der Waals surface area contributed by atoms with Gasteiger partial charge in [0.1, 0.15) is 4.21 Å². The third-order valence-electron chi connectivity index (χ3n) is 2.76. The number of hydrogen-bond acceptors (Lipinski definition) is 6. The van der Waals surface area contributed by atoms with Crippen molar-refractivity contribution in [1.82, 2.24) is 9.62 Å². The number of thiophene rings is 1. The van der Waals surface area contributed by atoms with Crippen LogP contribution in [0.2, 0.25) is 0 Å². The van der Waals surface area contributed by atoms with Crippen molar-refractivity contribution in [3.63, 3.8) is 0 Å². The van der Waals surface area contributed by atoms with E-state index in [0.29, 0.717) is 31.7 Å². The predicted molar refractivity (Wildman–Crippen MR) is 71.9 cm³/mol. The molecule has 0 spiro atoms. The first-order valence-corrected chi connectivity index (χ1v) is 8.34. The van der Waals surface area contributed by atoms with Crippen molar-refractivity contribution in [3.8, 4) is 0 Å². The summed E-state index contributed by atoms with van der Waals surface area (Å²) in [7, 11) is -3.49. The van der Waals surface area contributed by atoms with Gasteiger partial charge in [-0.25, -0.2) is 13.2 Å². The van der Waals surface area contributed by atoms with Gasteiger partial charge in [0.15, 0.2) is 0 Å². The molecule has 1 aliphatic heterocycles. The molecule has 1 N–H and O–H groups in total. The van der Waals surface area contributed by atoms with Crippen molar-refractivity contribution >= 4 is 27.3 Å². The van der Waals surface area contributed by atoms with E-state index in [1.165, 1.54) is 15.8 Å². The molecule has 2 heterocycles. The van der Waals surface area contributed by atoms with Crippen molar-refractivity contribution in [2.24, 2.45) is 0 Å². The summed E-state index contributed by atoms with van der Waals surface area (Å²) in [6.07, 6.45) is 0. The standard InChI is InChI=1S/C11H16N2O4S2/c1-2-17-11(14)9-7-10(18-8-9)19(15,16)13-5-3-12-4-6-13/h7-8,12H,2-6H2,1H3. The van der Waals surface area contributed by atoms with E-state index in [-0.39, 0.29) is 10.8 Å². The van der Waals surface area contributed by atoms with Crippen molar-refractivity contribution in [2.45, 2.75) is 11.1 Å². The lowest BCUT2D eigenvalue weighted by atomic mass is 10.3. The number of ether oxygens (including phenoxy) is 1. The highest BCUT2D eigenvalue weighted by Crippen LogP contribution is 2.24. The molecule has 0 radical (unpaired) electrons. The van der Waals surface area contributed by atoms with Crippen molar-refractivity contribution in [1.29, 1.82) is 0 Å². The van der Waals surface area contributed by atoms with Gasteiger partial charge < -0.3 is 10.1 Å². The number of nitrogens with one attached hydrogen (secondary N) is 1. The Balaban J connectivity index is 2.19. The molecule has 0 amide bonds. The van der Waals surface area contributed by atoms with Crippen molar-refractivity contribution in [3.05, 3.63) is 17.0 Å². The summed E-state index contributed by atoms with van der Waals surface area (Å²) in [4.78, 5) is 11.5. The summed E-state index contributed by atoms with van der Waals surface area (Å²) in [5.41, 5.74) is 0.292. The van der Waals surface area contributed by atoms with Crippen molar-refractivity contribution < 1.29 is 17.9 Å². The molecule has 106 valence electrons. The van der Waals surface area contributed by atoms with Crippen LogP contribution in [-0.2, 0) is 14.8 Å². The maximum Gasteiger partial charge on any atom is 0.339 e. The lowest BCUT2D eigenvalue weighted by molar-refractivity contribution is 0.0527. The Kier molecular flexibility index (Phi) is 4.56. The van der Waals surface area contributed by atoms with Gasteiger partial charge in [-0.15, -0.1) is 11.3 Å². The monoisotopic (exact) mass is 304 g/mol. The highest BCUT2D eigenvalue weighted by Gasteiger charge is 2.28. The maximum absolute atomic E-state index is 12.3. The summed E-state index contributed by atoms with van der Waals surface area (Å²) in [6.45, 7) is 4.19. The van der Waals surface area contributed by atoms with Crippen molar-refractivity contribution in [2.75, 3.05) is 32.8 Å². The predicted octanol–water partition coefficient (Wildman–Crippen LogP) is 0.519. The number of esters is 1. The Morgan fingerprint density at radius 2 is 2.16 bits per heavy atom. The third kappa shape index (κ3) is 3.14. The Labute approximate surface area is 116 Å². The number of rotatable bonds is 4. The lowest BCUT2D eigenvalue weighted by Gasteiger charge is -2.25. The number of piperazine rings is 1. The number of sulfonamides is 1. The second kappa shape index (κ2) is 6.00. The fourth-order valence-electron chi connectivity index (χ4n) is 1.79. The molecule has 1 fully saturated rings. The second-order valence-corrected chi connectivity index (χ2v) is 7.10. The first-order valence-electron chi connectivity index (χ1n) is 6.02. The zero-order chi connectivity index (χ0) is 13.9. The molecule has 8 heteroatoms. The molecular formula is C11H16N2O4S2. The molecule has 19 heavy (non-hydrogen) atoms. The van der Waals surface area contributed by atoms with E-state index >= 15 is 0 Å². The van der Waals surface area contributed by atoms with Gasteiger partial charge in [-0.1, -0.05) is 0 Å². The number of nitrogens with zero attached hydrogens (tertiary/aromatic N) is 1. The van der Waals surface area contributed by atoms with Crippen LogP contribution in [0, 0.1) is 0 Å². The van der Waals surface area contributed by atoms with Crippen LogP contribution < -0.4 is 5.32 Å². The van der Waals surface area contributed by atoms with Crippen LogP contribution in [0.3, 0.4) is 0 Å². The van der Waals surface area contributed by atoms with E-state index in [9.17, 15) is 13.2 Å². The molecule has 1 aromatic heterocycles. The van der Waals surface area contributed by atoms with Gasteiger partial charge >= 0.3 is 5.97 Å². The van der Waals surface area contributed by atoms with Gasteiger partial charge in [-0.05, 0) is 13.0 Å². The zero-order valence-electron chi connectivity index (χ0n) is 10.6. The molecule has 1 aromatic rings. The number of carbonyl (C=O) groups excluding carboxylic acids is 1. The quantitative estimate of drug-likeness (QED) is 0.821. The van der Waals surface area contributed by atoms with E-state index in [4.69, 9.17) is 4.74 Å². The van der Waals surface area contributed by atoms with Crippen LogP contribution in [0.4, 0.5) is 0 Å². The SMILES string of the molecule is CCOC(=O)c1csc(S(=O)(=O)N2CCNCC2)c1. The summed E-state index contributed by atoms with van der Waals surface area (Å²) in [5, 5.41) is 4.62. The zero-order valence-corrected chi connectivity index (χ0v) is 12.2. The molecule has 1 saturated heterocycles. The van der Waals surface area contributed by atoms with Gasteiger partial charge in [0, 0.05) is 31.6 Å². The van der Waals surface area contributed by atoms with E-state index in [2.05, 4.69) is 5.32 Å². The highest BCUT2D eigenvalue weighted by molar-refractivity contribution is 7.91. The van der Waals surface area contributed by atoms with E-state index < -0.39 is 16.0 Å². The average Bonchev–Trinajstić information content (AvgIpc) is 2.90. The van der Waals surface area contributed by atoms with Crippen LogP contribution in [0.1, 0.15) is 17.3 Å². The Bertz CT molecular complexity index is 547. The molecule has 1 aliphatic rings. The summed E-state index contributed by atoms with van der Waals surface area (Å²) < 4.78 is 31.2. The fourth-order valence-corrected chi connectivity index (χ4v) is 4.53. The van der Waals surface area contributed by atoms with Crippen LogP contribution in [0.25, 0.3) is 0 Å². The van der Waals surface area contributed by atoms with Crippen LogP contribution >= 0.6 is 11.3 Å². The maximum atomic E-state index is 12.3. The first-order chi connectivity index (χ1) is 9.05. The smallest absolute Gasteiger partial charge is 0.339 e. The Morgan fingerprint density at radius 3 is 2.79 bits per heavy atom. The molecule has 6 nitrogen and oxygen atoms in total. The minimum absolute atomic E-state index is 0.192. The van der Waals surface area contributed by atoms with Crippen LogP contribution in [0.5, 0.6) is 0 Å². The molecular weight excluding hydrogens is 288 g/mol. The van der Waals surface area contributed by atoms with Gasteiger partial charge in [-0.3, -0.25) is 0 Å². The molecule has 0 aliphatic carbocycles. The Morgan fingerprint density at radius 1 is 1.47 bits per heavy atom. The minimum atomic E-state index is -3.49. The van der Waals surface area contributed by atoms with Crippen LogP contribution in [-0.4, -0.2) is 51.5 Å². The summed E-state index contributed by atoms with van der Waals surface area (Å²) in [5.74, 6) is -0.486. The van der Waals surface area contributed by atoms with E-state index in [1.54, 1.807) is 6.92 Å². The summed E-state index contributed by atoms with van der Waals surface area (Å²) in [6, 6.07) is 1.39. The molecule has 0 unspecified atom stereocenters.